The first kappa shape index (κ1) is 9.66. The highest BCUT2D eigenvalue weighted by Gasteiger charge is 2.24. The standard InChI is InChI=1S/C12H15N3O/c13-7-9-5-6-15(8-9)12-14-10-3-1-2-4-11(10)16-12/h1-4,9H,5-8,13H2. The van der Waals surface area contributed by atoms with Crippen molar-refractivity contribution in [3.63, 3.8) is 0 Å². The summed E-state index contributed by atoms with van der Waals surface area (Å²) < 4.78 is 5.72. The third-order valence-corrected chi connectivity index (χ3v) is 3.17. The second-order valence-corrected chi connectivity index (χ2v) is 4.30. The molecule has 84 valence electrons. The highest BCUT2D eigenvalue weighted by Crippen LogP contribution is 2.26. The number of nitrogens with two attached hydrogens (primary N) is 1. The van der Waals surface area contributed by atoms with E-state index in [1.807, 2.05) is 24.3 Å². The van der Waals surface area contributed by atoms with E-state index in [1.54, 1.807) is 0 Å². The van der Waals surface area contributed by atoms with Gasteiger partial charge in [0.15, 0.2) is 5.58 Å². The zero-order valence-electron chi connectivity index (χ0n) is 9.10. The minimum atomic E-state index is 0.579. The molecule has 0 radical (unpaired) electrons. The van der Waals surface area contributed by atoms with Gasteiger partial charge in [0, 0.05) is 13.1 Å². The van der Waals surface area contributed by atoms with Crippen molar-refractivity contribution in [3.8, 4) is 0 Å². The molecular formula is C12H15N3O. The first-order chi connectivity index (χ1) is 7.86. The number of oxazole rings is 1. The van der Waals surface area contributed by atoms with Crippen LogP contribution >= 0.6 is 0 Å². The number of nitrogens with zero attached hydrogens (tertiary/aromatic N) is 2. The lowest BCUT2D eigenvalue weighted by atomic mass is 10.1. The van der Waals surface area contributed by atoms with E-state index in [9.17, 15) is 0 Å². The second kappa shape index (κ2) is 3.79. The SMILES string of the molecule is NCC1CCN(c2nc3ccccc3o2)C1. The molecular weight excluding hydrogens is 202 g/mol. The molecule has 2 heterocycles. The summed E-state index contributed by atoms with van der Waals surface area (Å²) in [4.78, 5) is 6.66. The van der Waals surface area contributed by atoms with E-state index in [4.69, 9.17) is 10.2 Å². The topological polar surface area (TPSA) is 55.3 Å². The van der Waals surface area contributed by atoms with Gasteiger partial charge < -0.3 is 15.1 Å². The van der Waals surface area contributed by atoms with Crippen LogP contribution in [0.2, 0.25) is 0 Å². The van der Waals surface area contributed by atoms with Crippen molar-refractivity contribution in [2.75, 3.05) is 24.5 Å². The van der Waals surface area contributed by atoms with E-state index < -0.39 is 0 Å². The molecule has 2 N–H and O–H groups in total. The number of para-hydroxylation sites is 2. The lowest BCUT2D eigenvalue weighted by molar-refractivity contribution is 0.569. The summed E-state index contributed by atoms with van der Waals surface area (Å²) in [5, 5.41) is 0. The van der Waals surface area contributed by atoms with Crippen LogP contribution in [0.4, 0.5) is 6.01 Å². The number of hydrogen-bond acceptors (Lipinski definition) is 4. The molecule has 3 rings (SSSR count). The third-order valence-electron chi connectivity index (χ3n) is 3.17. The average molecular weight is 217 g/mol. The fourth-order valence-corrected chi connectivity index (χ4v) is 2.19. The molecule has 0 spiro atoms. The van der Waals surface area contributed by atoms with E-state index in [1.165, 1.54) is 0 Å². The van der Waals surface area contributed by atoms with Crippen LogP contribution < -0.4 is 10.6 Å². The smallest absolute Gasteiger partial charge is 0.298 e. The van der Waals surface area contributed by atoms with Crippen LogP contribution in [0.15, 0.2) is 28.7 Å². The molecule has 1 aliphatic rings. The molecule has 1 fully saturated rings. The van der Waals surface area contributed by atoms with Gasteiger partial charge in [-0.3, -0.25) is 0 Å². The van der Waals surface area contributed by atoms with Crippen LogP contribution in [0.25, 0.3) is 11.1 Å². The zero-order valence-corrected chi connectivity index (χ0v) is 9.10. The monoisotopic (exact) mass is 217 g/mol. The van der Waals surface area contributed by atoms with Gasteiger partial charge in [0.1, 0.15) is 5.52 Å². The summed E-state index contributed by atoms with van der Waals surface area (Å²) in [6.45, 7) is 2.70. The van der Waals surface area contributed by atoms with Crippen LogP contribution in [0, 0.1) is 5.92 Å². The first-order valence-corrected chi connectivity index (χ1v) is 5.67. The van der Waals surface area contributed by atoms with Crippen molar-refractivity contribution in [2.24, 2.45) is 11.7 Å². The summed E-state index contributed by atoms with van der Waals surface area (Å²) >= 11 is 0. The molecule has 0 amide bonds. The maximum Gasteiger partial charge on any atom is 0.298 e. The predicted octanol–water partition coefficient (Wildman–Crippen LogP) is 1.61. The van der Waals surface area contributed by atoms with Gasteiger partial charge in [-0.2, -0.15) is 4.98 Å². The van der Waals surface area contributed by atoms with Gasteiger partial charge >= 0.3 is 0 Å². The third kappa shape index (κ3) is 1.55. The number of aromatic nitrogens is 1. The molecule has 2 aromatic rings. The highest BCUT2D eigenvalue weighted by atomic mass is 16.4. The summed E-state index contributed by atoms with van der Waals surface area (Å²) in [6, 6.07) is 8.59. The molecule has 0 saturated carbocycles. The predicted molar refractivity (Wildman–Crippen MR) is 63.4 cm³/mol. The zero-order chi connectivity index (χ0) is 11.0. The van der Waals surface area contributed by atoms with Crippen molar-refractivity contribution >= 4 is 17.1 Å². The average Bonchev–Trinajstić information content (AvgIpc) is 2.95. The van der Waals surface area contributed by atoms with E-state index in [-0.39, 0.29) is 0 Å². The summed E-state index contributed by atoms with van der Waals surface area (Å²) in [7, 11) is 0. The normalized spacial score (nSPS) is 20.8. The van der Waals surface area contributed by atoms with Gasteiger partial charge in [0.2, 0.25) is 0 Å². The van der Waals surface area contributed by atoms with Gasteiger partial charge in [-0.05, 0) is 31.0 Å². The van der Waals surface area contributed by atoms with Gasteiger partial charge in [-0.25, -0.2) is 0 Å². The molecule has 0 bridgehead atoms. The van der Waals surface area contributed by atoms with Crippen LogP contribution in [-0.2, 0) is 0 Å². The van der Waals surface area contributed by atoms with Crippen molar-refractivity contribution < 1.29 is 4.42 Å². The number of fused-ring (bicyclic) bond motifs is 1. The van der Waals surface area contributed by atoms with E-state index in [0.717, 1.165) is 43.2 Å². The minimum Gasteiger partial charge on any atom is -0.423 e. The van der Waals surface area contributed by atoms with Crippen molar-refractivity contribution in [1.82, 2.24) is 4.98 Å². The Balaban J connectivity index is 1.89. The first-order valence-electron chi connectivity index (χ1n) is 5.67. The largest absolute Gasteiger partial charge is 0.423 e. The summed E-state index contributed by atoms with van der Waals surface area (Å²) in [5.41, 5.74) is 7.45. The minimum absolute atomic E-state index is 0.579. The number of rotatable bonds is 2. The summed E-state index contributed by atoms with van der Waals surface area (Å²) in [5.74, 6) is 0.579. The Hall–Kier alpha value is -1.55. The van der Waals surface area contributed by atoms with Crippen LogP contribution in [0.5, 0.6) is 0 Å². The van der Waals surface area contributed by atoms with Crippen molar-refractivity contribution in [2.45, 2.75) is 6.42 Å². The molecule has 4 heteroatoms. The van der Waals surface area contributed by atoms with Gasteiger partial charge in [0.05, 0.1) is 0 Å². The molecule has 1 saturated heterocycles. The molecule has 4 nitrogen and oxygen atoms in total. The number of anilines is 1. The molecule has 1 aromatic carbocycles. The number of hydrogen-bond donors (Lipinski definition) is 1. The quantitative estimate of drug-likeness (QED) is 0.830. The van der Waals surface area contributed by atoms with Crippen molar-refractivity contribution in [1.29, 1.82) is 0 Å². The lowest BCUT2D eigenvalue weighted by Gasteiger charge is -2.12. The van der Waals surface area contributed by atoms with Crippen LogP contribution in [0.1, 0.15) is 6.42 Å². The maximum absolute atomic E-state index is 5.72. The van der Waals surface area contributed by atoms with Gasteiger partial charge in [0.25, 0.3) is 6.01 Å². The number of benzene rings is 1. The summed E-state index contributed by atoms with van der Waals surface area (Å²) in [6.07, 6.45) is 1.13. The Kier molecular flexibility index (Phi) is 2.29. The Morgan fingerprint density at radius 2 is 2.31 bits per heavy atom. The van der Waals surface area contributed by atoms with Crippen LogP contribution in [-0.4, -0.2) is 24.6 Å². The second-order valence-electron chi connectivity index (χ2n) is 4.30. The van der Waals surface area contributed by atoms with Crippen molar-refractivity contribution in [3.05, 3.63) is 24.3 Å². The molecule has 16 heavy (non-hydrogen) atoms. The Labute approximate surface area is 94.0 Å². The highest BCUT2D eigenvalue weighted by molar-refractivity contribution is 5.74. The van der Waals surface area contributed by atoms with Gasteiger partial charge in [-0.1, -0.05) is 12.1 Å². The molecule has 1 unspecified atom stereocenters. The fraction of sp³-hybridized carbons (Fsp3) is 0.417. The molecule has 1 atom stereocenters. The van der Waals surface area contributed by atoms with Crippen LogP contribution in [0.3, 0.4) is 0 Å². The Morgan fingerprint density at radius 1 is 1.44 bits per heavy atom. The van der Waals surface area contributed by atoms with E-state index in [0.29, 0.717) is 5.92 Å². The van der Waals surface area contributed by atoms with E-state index in [2.05, 4.69) is 9.88 Å². The fourth-order valence-electron chi connectivity index (χ4n) is 2.19. The Morgan fingerprint density at radius 3 is 3.06 bits per heavy atom. The Bertz CT molecular complexity index is 461. The molecule has 1 aromatic heterocycles. The maximum atomic E-state index is 5.72. The molecule has 1 aliphatic heterocycles. The lowest BCUT2D eigenvalue weighted by Crippen LogP contribution is -2.22. The van der Waals surface area contributed by atoms with Gasteiger partial charge in [-0.15, -0.1) is 0 Å². The molecule has 0 aliphatic carbocycles. The van der Waals surface area contributed by atoms with E-state index >= 15 is 0 Å².